The largest absolute Gasteiger partial charge is 0.495 e. The van der Waals surface area contributed by atoms with Crippen molar-refractivity contribution in [2.24, 2.45) is 0 Å². The van der Waals surface area contributed by atoms with E-state index in [0.717, 1.165) is 16.3 Å². The molecule has 3 aromatic carbocycles. The number of methoxy groups -OCH3 is 1. The Bertz CT molecular complexity index is 1150. The molecule has 0 spiro atoms. The normalized spacial score (nSPS) is 11.6. The summed E-state index contributed by atoms with van der Waals surface area (Å²) in [6.07, 6.45) is 0.164. The quantitative estimate of drug-likeness (QED) is 0.589. The van der Waals surface area contributed by atoms with Gasteiger partial charge in [-0.2, -0.15) is 4.31 Å². The lowest BCUT2D eigenvalue weighted by atomic mass is 10.0. The van der Waals surface area contributed by atoms with Gasteiger partial charge in [0.05, 0.1) is 24.1 Å². The average Bonchev–Trinajstić information content (AvgIpc) is 2.74. The van der Waals surface area contributed by atoms with Gasteiger partial charge in [0.25, 0.3) is 0 Å². The van der Waals surface area contributed by atoms with Crippen LogP contribution >= 0.6 is 0 Å². The van der Waals surface area contributed by atoms with Crippen LogP contribution in [-0.4, -0.2) is 38.8 Å². The van der Waals surface area contributed by atoms with Crippen LogP contribution in [0.2, 0.25) is 0 Å². The second-order valence-electron chi connectivity index (χ2n) is 6.81. The molecule has 0 saturated carbocycles. The third kappa shape index (κ3) is 4.47. The molecule has 0 aromatic heterocycles. The van der Waals surface area contributed by atoms with Gasteiger partial charge in [0.2, 0.25) is 15.9 Å². The minimum atomic E-state index is -3.65. The van der Waals surface area contributed by atoms with Gasteiger partial charge in [0.1, 0.15) is 5.75 Å². The van der Waals surface area contributed by atoms with Gasteiger partial charge in [0, 0.05) is 13.1 Å². The lowest BCUT2D eigenvalue weighted by Gasteiger charge is -2.19. The summed E-state index contributed by atoms with van der Waals surface area (Å²) in [5, 5.41) is 4.89. The molecule has 0 aliphatic rings. The van der Waals surface area contributed by atoms with Gasteiger partial charge in [-0.1, -0.05) is 56.3 Å². The van der Waals surface area contributed by atoms with E-state index in [0.29, 0.717) is 24.5 Å². The van der Waals surface area contributed by atoms with Crippen molar-refractivity contribution in [3.05, 3.63) is 66.2 Å². The number of fused-ring (bicyclic) bond motifs is 1. The fourth-order valence-corrected chi connectivity index (χ4v) is 4.96. The van der Waals surface area contributed by atoms with Crippen LogP contribution in [0.5, 0.6) is 5.75 Å². The second kappa shape index (κ2) is 9.28. The summed E-state index contributed by atoms with van der Waals surface area (Å²) in [6, 6.07) is 18.2. The standard InChI is InChI=1S/C23H26N2O4S/c1-4-25(5-2)30(27,28)19-13-14-22(29-3)21(16-19)24-23(26)15-18-11-8-10-17-9-6-7-12-20(17)18/h6-14,16H,4-5,15H2,1-3H3,(H,24,26). The zero-order chi connectivity index (χ0) is 21.7. The van der Waals surface area contributed by atoms with Crippen molar-refractivity contribution < 1.29 is 17.9 Å². The molecule has 0 fully saturated rings. The maximum Gasteiger partial charge on any atom is 0.243 e. The summed E-state index contributed by atoms with van der Waals surface area (Å²) in [7, 11) is -2.17. The van der Waals surface area contributed by atoms with Gasteiger partial charge in [-0.15, -0.1) is 0 Å². The third-order valence-corrected chi connectivity index (χ3v) is 7.07. The monoisotopic (exact) mass is 426 g/mol. The lowest BCUT2D eigenvalue weighted by molar-refractivity contribution is -0.115. The molecule has 0 atom stereocenters. The molecule has 6 nitrogen and oxygen atoms in total. The first-order valence-corrected chi connectivity index (χ1v) is 11.3. The molecule has 0 radical (unpaired) electrons. The van der Waals surface area contributed by atoms with Gasteiger partial charge in [-0.3, -0.25) is 4.79 Å². The van der Waals surface area contributed by atoms with Crippen molar-refractivity contribution >= 4 is 32.4 Å². The number of hydrogen-bond donors (Lipinski definition) is 1. The minimum absolute atomic E-state index is 0.118. The second-order valence-corrected chi connectivity index (χ2v) is 8.75. The Hall–Kier alpha value is -2.90. The first-order valence-electron chi connectivity index (χ1n) is 9.85. The molecule has 0 saturated heterocycles. The van der Waals surface area contributed by atoms with Crippen LogP contribution in [0.4, 0.5) is 5.69 Å². The zero-order valence-corrected chi connectivity index (χ0v) is 18.2. The van der Waals surface area contributed by atoms with Crippen LogP contribution in [0, 0.1) is 0 Å². The molecule has 1 amide bonds. The van der Waals surface area contributed by atoms with Gasteiger partial charge < -0.3 is 10.1 Å². The van der Waals surface area contributed by atoms with E-state index in [-0.39, 0.29) is 17.2 Å². The number of sulfonamides is 1. The smallest absolute Gasteiger partial charge is 0.243 e. The molecule has 1 N–H and O–H groups in total. The zero-order valence-electron chi connectivity index (χ0n) is 17.4. The molecule has 3 aromatic rings. The third-order valence-electron chi connectivity index (χ3n) is 5.02. The molecule has 0 aliphatic heterocycles. The van der Waals surface area contributed by atoms with Crippen molar-refractivity contribution in [1.29, 1.82) is 0 Å². The van der Waals surface area contributed by atoms with Crippen LogP contribution in [0.1, 0.15) is 19.4 Å². The summed E-state index contributed by atoms with van der Waals surface area (Å²) >= 11 is 0. The summed E-state index contributed by atoms with van der Waals surface area (Å²) in [4.78, 5) is 12.9. The highest BCUT2D eigenvalue weighted by atomic mass is 32.2. The van der Waals surface area contributed by atoms with Crippen molar-refractivity contribution in [3.8, 4) is 5.75 Å². The first kappa shape index (κ1) is 21.8. The topological polar surface area (TPSA) is 75.7 Å². The molecular formula is C23H26N2O4S. The number of benzene rings is 3. The molecule has 158 valence electrons. The number of nitrogens with one attached hydrogen (secondary N) is 1. The van der Waals surface area contributed by atoms with Crippen molar-refractivity contribution in [3.63, 3.8) is 0 Å². The number of nitrogens with zero attached hydrogens (tertiary/aromatic N) is 1. The highest BCUT2D eigenvalue weighted by molar-refractivity contribution is 7.89. The van der Waals surface area contributed by atoms with Crippen molar-refractivity contribution in [1.82, 2.24) is 4.31 Å². The lowest BCUT2D eigenvalue weighted by Crippen LogP contribution is -2.30. The van der Waals surface area contributed by atoms with E-state index in [1.165, 1.54) is 23.5 Å². The Morgan fingerprint density at radius 1 is 1.00 bits per heavy atom. The van der Waals surface area contributed by atoms with Crippen LogP contribution in [0.15, 0.2) is 65.6 Å². The Balaban J connectivity index is 1.89. The number of rotatable bonds is 8. The summed E-state index contributed by atoms with van der Waals surface area (Å²) in [6.45, 7) is 4.32. The van der Waals surface area contributed by atoms with E-state index in [9.17, 15) is 13.2 Å². The highest BCUT2D eigenvalue weighted by Gasteiger charge is 2.23. The van der Waals surface area contributed by atoms with Crippen LogP contribution in [0.25, 0.3) is 10.8 Å². The van der Waals surface area contributed by atoms with E-state index < -0.39 is 10.0 Å². The number of carbonyl (C=O) groups excluding carboxylic acids is 1. The number of anilines is 1. The Labute approximate surface area is 177 Å². The Morgan fingerprint density at radius 3 is 2.40 bits per heavy atom. The van der Waals surface area contributed by atoms with Crippen LogP contribution in [-0.2, 0) is 21.2 Å². The van der Waals surface area contributed by atoms with Gasteiger partial charge in [-0.25, -0.2) is 8.42 Å². The summed E-state index contributed by atoms with van der Waals surface area (Å²) in [5.74, 6) is 0.154. The predicted molar refractivity (Wildman–Crippen MR) is 119 cm³/mol. The Morgan fingerprint density at radius 2 is 1.70 bits per heavy atom. The van der Waals surface area contributed by atoms with Crippen molar-refractivity contribution in [2.45, 2.75) is 25.2 Å². The van der Waals surface area contributed by atoms with E-state index >= 15 is 0 Å². The molecular weight excluding hydrogens is 400 g/mol. The highest BCUT2D eigenvalue weighted by Crippen LogP contribution is 2.29. The van der Waals surface area contributed by atoms with Crippen LogP contribution in [0.3, 0.4) is 0 Å². The fraction of sp³-hybridized carbons (Fsp3) is 0.261. The number of ether oxygens (including phenoxy) is 1. The van der Waals surface area contributed by atoms with E-state index in [4.69, 9.17) is 4.74 Å². The van der Waals surface area contributed by atoms with E-state index in [1.54, 1.807) is 19.9 Å². The molecule has 0 bridgehead atoms. The van der Waals surface area contributed by atoms with Gasteiger partial charge >= 0.3 is 0 Å². The predicted octanol–water partition coefficient (Wildman–Crippen LogP) is 4.06. The van der Waals surface area contributed by atoms with E-state index in [1.807, 2.05) is 42.5 Å². The first-order chi connectivity index (χ1) is 14.4. The summed E-state index contributed by atoms with van der Waals surface area (Å²) < 4.78 is 32.4. The van der Waals surface area contributed by atoms with E-state index in [2.05, 4.69) is 5.32 Å². The molecule has 0 aliphatic carbocycles. The molecule has 7 heteroatoms. The number of carbonyl (C=O) groups is 1. The van der Waals surface area contributed by atoms with Crippen molar-refractivity contribution in [2.75, 3.05) is 25.5 Å². The maximum atomic E-state index is 12.8. The SMILES string of the molecule is CCN(CC)S(=O)(=O)c1ccc(OC)c(NC(=O)Cc2cccc3ccccc23)c1. The molecule has 3 rings (SSSR count). The molecule has 0 heterocycles. The maximum absolute atomic E-state index is 12.8. The fourth-order valence-electron chi connectivity index (χ4n) is 3.47. The molecule has 30 heavy (non-hydrogen) atoms. The number of hydrogen-bond acceptors (Lipinski definition) is 4. The minimum Gasteiger partial charge on any atom is -0.495 e. The average molecular weight is 427 g/mol. The van der Waals surface area contributed by atoms with Gasteiger partial charge in [-0.05, 0) is 34.5 Å². The van der Waals surface area contributed by atoms with Gasteiger partial charge in [0.15, 0.2) is 0 Å². The molecule has 0 unspecified atom stereocenters. The summed E-state index contributed by atoms with van der Waals surface area (Å²) in [5.41, 5.74) is 1.23. The van der Waals surface area contributed by atoms with Crippen LogP contribution < -0.4 is 10.1 Å². The number of amides is 1. The Kier molecular flexibility index (Phi) is 6.74.